The standard InChI is InChI=1S/C20H20F2N4O4/c1-11(2)15(19-25-17(26-30-19)12-7-9-23-10-8-12)24-18(27)13-5-4-6-14(28-3)16(13)29-20(21)22/h4-11,15,20H,1-3H3,(H,24,27). The molecule has 0 saturated heterocycles. The van der Waals surface area contributed by atoms with Crippen LogP contribution in [0.5, 0.6) is 11.5 Å². The molecule has 0 bridgehead atoms. The van der Waals surface area contributed by atoms with E-state index in [1.807, 2.05) is 13.8 Å². The summed E-state index contributed by atoms with van der Waals surface area (Å²) in [5.41, 5.74) is 0.600. The zero-order chi connectivity index (χ0) is 21.7. The molecule has 3 rings (SSSR count). The summed E-state index contributed by atoms with van der Waals surface area (Å²) in [4.78, 5) is 21.2. The fourth-order valence-corrected chi connectivity index (χ4v) is 2.78. The van der Waals surface area contributed by atoms with Crippen LogP contribution >= 0.6 is 0 Å². The molecule has 1 atom stereocenters. The Morgan fingerprint density at radius 3 is 2.53 bits per heavy atom. The van der Waals surface area contributed by atoms with Crippen molar-refractivity contribution in [1.29, 1.82) is 0 Å². The molecule has 1 amide bonds. The fraction of sp³-hybridized carbons (Fsp3) is 0.300. The van der Waals surface area contributed by atoms with E-state index in [4.69, 9.17) is 9.26 Å². The van der Waals surface area contributed by atoms with Crippen molar-refractivity contribution in [3.63, 3.8) is 0 Å². The minimum Gasteiger partial charge on any atom is -0.493 e. The zero-order valence-electron chi connectivity index (χ0n) is 16.5. The normalized spacial score (nSPS) is 12.1. The molecular weight excluding hydrogens is 398 g/mol. The van der Waals surface area contributed by atoms with Gasteiger partial charge in [0.25, 0.3) is 5.91 Å². The number of hydrogen-bond donors (Lipinski definition) is 1. The summed E-state index contributed by atoms with van der Waals surface area (Å²) in [7, 11) is 1.30. The number of benzene rings is 1. The van der Waals surface area contributed by atoms with Crippen molar-refractivity contribution >= 4 is 5.91 Å². The lowest BCUT2D eigenvalue weighted by molar-refractivity contribution is -0.0515. The second-order valence-corrected chi connectivity index (χ2v) is 6.60. The highest BCUT2D eigenvalue weighted by Crippen LogP contribution is 2.33. The Balaban J connectivity index is 1.88. The van der Waals surface area contributed by atoms with Crippen LogP contribution in [0.1, 0.15) is 36.1 Å². The lowest BCUT2D eigenvalue weighted by Crippen LogP contribution is -2.32. The number of rotatable bonds is 8. The summed E-state index contributed by atoms with van der Waals surface area (Å²) in [6.45, 7) is 0.583. The average molecular weight is 418 g/mol. The number of carbonyl (C=O) groups is 1. The maximum absolute atomic E-state index is 12.9. The van der Waals surface area contributed by atoms with Gasteiger partial charge in [-0.2, -0.15) is 13.8 Å². The molecule has 0 aliphatic carbocycles. The molecule has 0 fully saturated rings. The molecule has 2 heterocycles. The number of carbonyl (C=O) groups excluding carboxylic acids is 1. The second-order valence-electron chi connectivity index (χ2n) is 6.60. The van der Waals surface area contributed by atoms with Crippen molar-refractivity contribution in [1.82, 2.24) is 20.4 Å². The zero-order valence-corrected chi connectivity index (χ0v) is 16.5. The highest BCUT2D eigenvalue weighted by Gasteiger charge is 2.28. The van der Waals surface area contributed by atoms with Gasteiger partial charge < -0.3 is 19.3 Å². The van der Waals surface area contributed by atoms with Gasteiger partial charge in [0.15, 0.2) is 11.5 Å². The molecule has 0 radical (unpaired) electrons. The van der Waals surface area contributed by atoms with Crippen LogP contribution in [0.2, 0.25) is 0 Å². The van der Waals surface area contributed by atoms with E-state index in [0.29, 0.717) is 11.4 Å². The van der Waals surface area contributed by atoms with E-state index in [2.05, 4.69) is 25.2 Å². The summed E-state index contributed by atoms with van der Waals surface area (Å²) in [6.07, 6.45) is 3.20. The third-order valence-electron chi connectivity index (χ3n) is 4.25. The van der Waals surface area contributed by atoms with Gasteiger partial charge in [0.1, 0.15) is 6.04 Å². The van der Waals surface area contributed by atoms with Gasteiger partial charge in [-0.3, -0.25) is 9.78 Å². The molecule has 30 heavy (non-hydrogen) atoms. The predicted octanol–water partition coefficient (Wildman–Crippen LogP) is 3.87. The summed E-state index contributed by atoms with van der Waals surface area (Å²) in [5, 5.41) is 6.70. The number of methoxy groups -OCH3 is 1. The average Bonchev–Trinajstić information content (AvgIpc) is 3.21. The monoisotopic (exact) mass is 418 g/mol. The number of hydrogen-bond acceptors (Lipinski definition) is 7. The van der Waals surface area contributed by atoms with Gasteiger partial charge in [-0.25, -0.2) is 0 Å². The number of nitrogens with one attached hydrogen (secondary N) is 1. The Morgan fingerprint density at radius 2 is 1.90 bits per heavy atom. The van der Waals surface area contributed by atoms with Crippen LogP contribution in [0.15, 0.2) is 47.2 Å². The molecule has 1 aromatic carbocycles. The van der Waals surface area contributed by atoms with Gasteiger partial charge in [-0.05, 0) is 30.2 Å². The quantitative estimate of drug-likeness (QED) is 0.593. The van der Waals surface area contributed by atoms with Crippen LogP contribution in [0.3, 0.4) is 0 Å². The topological polar surface area (TPSA) is 99.4 Å². The fourth-order valence-electron chi connectivity index (χ4n) is 2.78. The maximum atomic E-state index is 12.9. The van der Waals surface area contributed by atoms with Crippen molar-refractivity contribution in [3.05, 3.63) is 54.2 Å². The number of alkyl halides is 2. The Morgan fingerprint density at radius 1 is 1.17 bits per heavy atom. The summed E-state index contributed by atoms with van der Waals surface area (Å²) < 4.78 is 40.6. The van der Waals surface area contributed by atoms with Crippen molar-refractivity contribution in [2.75, 3.05) is 7.11 Å². The van der Waals surface area contributed by atoms with Crippen LogP contribution in [-0.2, 0) is 0 Å². The maximum Gasteiger partial charge on any atom is 0.387 e. The highest BCUT2D eigenvalue weighted by atomic mass is 19.3. The summed E-state index contributed by atoms with van der Waals surface area (Å²) >= 11 is 0. The van der Waals surface area contributed by atoms with Crippen LogP contribution < -0.4 is 14.8 Å². The first-order valence-electron chi connectivity index (χ1n) is 9.07. The first-order chi connectivity index (χ1) is 14.4. The molecule has 1 unspecified atom stereocenters. The highest BCUT2D eigenvalue weighted by molar-refractivity contribution is 5.98. The van der Waals surface area contributed by atoms with E-state index in [0.717, 1.165) is 0 Å². The van der Waals surface area contributed by atoms with Crippen LogP contribution in [0.4, 0.5) is 8.78 Å². The molecular formula is C20H20F2N4O4. The van der Waals surface area contributed by atoms with E-state index in [9.17, 15) is 13.6 Å². The third-order valence-corrected chi connectivity index (χ3v) is 4.25. The van der Waals surface area contributed by atoms with Crippen molar-refractivity contribution < 1.29 is 27.6 Å². The largest absolute Gasteiger partial charge is 0.493 e. The number of aromatic nitrogens is 3. The van der Waals surface area contributed by atoms with Gasteiger partial charge >= 0.3 is 6.61 Å². The van der Waals surface area contributed by atoms with Gasteiger partial charge in [0.05, 0.1) is 12.7 Å². The lowest BCUT2D eigenvalue weighted by Gasteiger charge is -2.20. The second kappa shape index (κ2) is 9.29. The van der Waals surface area contributed by atoms with E-state index in [1.165, 1.54) is 25.3 Å². The van der Waals surface area contributed by atoms with Crippen molar-refractivity contribution in [3.8, 4) is 22.9 Å². The van der Waals surface area contributed by atoms with Gasteiger partial charge in [0, 0.05) is 18.0 Å². The molecule has 0 aliphatic heterocycles. The summed E-state index contributed by atoms with van der Waals surface area (Å²) in [6, 6.07) is 7.08. The minimum absolute atomic E-state index is 0.0156. The van der Waals surface area contributed by atoms with Gasteiger partial charge in [-0.1, -0.05) is 25.1 Å². The van der Waals surface area contributed by atoms with Gasteiger partial charge in [-0.15, -0.1) is 0 Å². The molecule has 2 aromatic heterocycles. The Labute approximate surface area is 171 Å². The van der Waals surface area contributed by atoms with Crippen LogP contribution in [-0.4, -0.2) is 34.8 Å². The molecule has 1 N–H and O–H groups in total. The lowest BCUT2D eigenvalue weighted by atomic mass is 10.0. The number of nitrogens with zero attached hydrogens (tertiary/aromatic N) is 3. The Bertz CT molecular complexity index is 995. The SMILES string of the molecule is COc1cccc(C(=O)NC(c2nc(-c3ccncc3)no2)C(C)C)c1OC(F)F. The first kappa shape index (κ1) is 21.2. The van der Waals surface area contributed by atoms with E-state index in [1.54, 1.807) is 24.5 Å². The Kier molecular flexibility index (Phi) is 6.55. The predicted molar refractivity (Wildman–Crippen MR) is 102 cm³/mol. The van der Waals surface area contributed by atoms with E-state index >= 15 is 0 Å². The van der Waals surface area contributed by atoms with Crippen LogP contribution in [0.25, 0.3) is 11.4 Å². The van der Waals surface area contributed by atoms with Crippen LogP contribution in [0, 0.1) is 5.92 Å². The molecule has 8 nitrogen and oxygen atoms in total. The smallest absolute Gasteiger partial charge is 0.387 e. The molecule has 10 heteroatoms. The number of amides is 1. The molecule has 0 saturated carbocycles. The van der Waals surface area contributed by atoms with E-state index in [-0.39, 0.29) is 28.9 Å². The van der Waals surface area contributed by atoms with Gasteiger partial charge in [0.2, 0.25) is 11.7 Å². The molecule has 0 aliphatic rings. The third kappa shape index (κ3) is 4.70. The first-order valence-corrected chi connectivity index (χ1v) is 9.07. The Hall–Kier alpha value is -3.56. The molecule has 158 valence electrons. The van der Waals surface area contributed by atoms with Crippen molar-refractivity contribution in [2.24, 2.45) is 5.92 Å². The number of para-hydroxylation sites is 1. The number of halogens is 2. The number of pyridine rings is 1. The summed E-state index contributed by atoms with van der Waals surface area (Å²) in [5.74, 6) is -0.587. The molecule has 3 aromatic rings. The van der Waals surface area contributed by atoms with Crippen molar-refractivity contribution in [2.45, 2.75) is 26.5 Å². The number of ether oxygens (including phenoxy) is 2. The van der Waals surface area contributed by atoms with E-state index < -0.39 is 18.6 Å². The minimum atomic E-state index is -3.12. The molecule has 0 spiro atoms.